The van der Waals surface area contributed by atoms with Crippen molar-refractivity contribution in [3.63, 3.8) is 0 Å². The van der Waals surface area contributed by atoms with Crippen LogP contribution in [-0.4, -0.2) is 43.1 Å². The highest BCUT2D eigenvalue weighted by Crippen LogP contribution is 2.34. The molecule has 0 radical (unpaired) electrons. The fourth-order valence-corrected chi connectivity index (χ4v) is 3.23. The molecule has 4 nitrogen and oxygen atoms in total. The van der Waals surface area contributed by atoms with E-state index in [1.807, 2.05) is 11.9 Å². The Balaban J connectivity index is 2.15. The van der Waals surface area contributed by atoms with Crippen LogP contribution >= 0.6 is 11.6 Å². The summed E-state index contributed by atoms with van der Waals surface area (Å²) in [5, 5.41) is 0.436. The first-order chi connectivity index (χ1) is 11.2. The quantitative estimate of drug-likeness (QED) is 0.731. The molecule has 1 aliphatic heterocycles. The molecule has 0 unspecified atom stereocenters. The van der Waals surface area contributed by atoms with Crippen LogP contribution in [0.4, 0.5) is 19.0 Å². The predicted molar refractivity (Wildman–Crippen MR) is 87.4 cm³/mol. The second-order valence-corrected chi connectivity index (χ2v) is 6.59. The summed E-state index contributed by atoms with van der Waals surface area (Å²) in [5.41, 5.74) is 0.391. The Morgan fingerprint density at radius 1 is 1.17 bits per heavy atom. The average molecular weight is 360 g/mol. The molecule has 1 saturated heterocycles. The van der Waals surface area contributed by atoms with Crippen molar-refractivity contribution in [1.29, 1.82) is 0 Å². The first-order valence-corrected chi connectivity index (χ1v) is 8.07. The van der Waals surface area contributed by atoms with Crippen LogP contribution in [0.25, 0.3) is 11.0 Å². The Bertz CT molecular complexity index is 783. The van der Waals surface area contributed by atoms with E-state index in [0.29, 0.717) is 22.0 Å². The Morgan fingerprint density at radius 3 is 2.38 bits per heavy atom. The zero-order valence-corrected chi connectivity index (χ0v) is 14.5. The van der Waals surface area contributed by atoms with Crippen molar-refractivity contribution in [2.75, 3.05) is 38.1 Å². The number of likely N-dealkylation sites (N-methyl/N-ethyl adjacent to an activating group) is 1. The number of benzene rings is 1. The van der Waals surface area contributed by atoms with Gasteiger partial charge in [-0.15, -0.1) is 0 Å². The summed E-state index contributed by atoms with van der Waals surface area (Å²) in [6, 6.07) is 2.60. The lowest BCUT2D eigenvalue weighted by molar-refractivity contribution is -0.642. The number of alkyl halides is 3. The van der Waals surface area contributed by atoms with E-state index in [4.69, 9.17) is 11.6 Å². The molecular formula is C16H19ClF3N4+. The van der Waals surface area contributed by atoms with E-state index in [1.165, 1.54) is 13.0 Å². The summed E-state index contributed by atoms with van der Waals surface area (Å²) in [5.74, 6) is 0.539. The molecule has 3 rings (SSSR count). The topological polar surface area (TPSA) is 23.3 Å². The van der Waals surface area contributed by atoms with Gasteiger partial charge in [-0.05, 0) is 37.2 Å². The Labute approximate surface area is 143 Å². The van der Waals surface area contributed by atoms with Crippen LogP contribution in [-0.2, 0) is 13.2 Å². The summed E-state index contributed by atoms with van der Waals surface area (Å²) < 4.78 is 41.2. The monoisotopic (exact) mass is 359 g/mol. The molecule has 1 aromatic heterocycles. The van der Waals surface area contributed by atoms with Crippen LogP contribution in [0.1, 0.15) is 11.1 Å². The highest BCUT2D eigenvalue weighted by Gasteiger charge is 2.34. The van der Waals surface area contributed by atoms with Crippen molar-refractivity contribution in [2.24, 2.45) is 7.05 Å². The number of nitrogens with zero attached hydrogens (tertiary/aromatic N) is 4. The van der Waals surface area contributed by atoms with E-state index in [1.54, 1.807) is 11.6 Å². The van der Waals surface area contributed by atoms with Gasteiger partial charge in [-0.1, -0.05) is 0 Å². The summed E-state index contributed by atoms with van der Waals surface area (Å²) in [6.45, 7) is 4.66. The summed E-state index contributed by atoms with van der Waals surface area (Å²) in [4.78, 5) is 8.67. The van der Waals surface area contributed by atoms with Crippen LogP contribution in [0.2, 0.25) is 5.15 Å². The number of hydrogen-bond acceptors (Lipinski definition) is 3. The summed E-state index contributed by atoms with van der Waals surface area (Å²) in [7, 11) is 3.78. The molecule has 1 aromatic carbocycles. The molecule has 1 fully saturated rings. The number of piperazine rings is 1. The molecule has 0 aliphatic carbocycles. The number of fused-ring (bicyclic) bond motifs is 1. The number of rotatable bonds is 1. The van der Waals surface area contributed by atoms with Crippen LogP contribution in [0, 0.1) is 6.92 Å². The number of halogens is 4. The average Bonchev–Trinajstić information content (AvgIpc) is 2.51. The lowest BCUT2D eigenvalue weighted by Crippen LogP contribution is -2.46. The molecule has 130 valence electrons. The van der Waals surface area contributed by atoms with Gasteiger partial charge in [0.05, 0.1) is 5.56 Å². The van der Waals surface area contributed by atoms with Gasteiger partial charge in [-0.3, -0.25) is 0 Å². The molecular weight excluding hydrogens is 341 g/mol. The summed E-state index contributed by atoms with van der Waals surface area (Å²) in [6.07, 6.45) is -4.40. The fourth-order valence-electron chi connectivity index (χ4n) is 2.98. The van der Waals surface area contributed by atoms with Gasteiger partial charge >= 0.3 is 11.3 Å². The number of hydrogen-bond donors (Lipinski definition) is 0. The highest BCUT2D eigenvalue weighted by atomic mass is 35.5. The van der Waals surface area contributed by atoms with Crippen molar-refractivity contribution in [2.45, 2.75) is 13.1 Å². The molecule has 0 N–H and O–H groups in total. The maximum absolute atomic E-state index is 13.2. The van der Waals surface area contributed by atoms with Crippen molar-refractivity contribution >= 4 is 28.5 Å². The van der Waals surface area contributed by atoms with Gasteiger partial charge in [0.25, 0.3) is 0 Å². The second-order valence-electron chi connectivity index (χ2n) is 6.23. The minimum Gasteiger partial charge on any atom is -0.348 e. The SMILES string of the molecule is Cc1cc2c(cc1C(F)(F)F)nc(N1CCN(C)CC1)c(Cl)[n+]2C. The molecule has 24 heavy (non-hydrogen) atoms. The maximum Gasteiger partial charge on any atom is 0.416 e. The van der Waals surface area contributed by atoms with Crippen LogP contribution in [0.15, 0.2) is 12.1 Å². The van der Waals surface area contributed by atoms with Gasteiger partial charge in [-0.25, -0.2) is 4.98 Å². The maximum atomic E-state index is 13.2. The number of aryl methyl sites for hydroxylation is 2. The molecule has 2 aromatic rings. The van der Waals surface area contributed by atoms with E-state index in [2.05, 4.69) is 9.88 Å². The zero-order chi connectivity index (χ0) is 17.6. The Hall–Kier alpha value is -1.60. The van der Waals surface area contributed by atoms with Gasteiger partial charge in [0.2, 0.25) is 11.3 Å². The third-order valence-electron chi connectivity index (χ3n) is 4.50. The van der Waals surface area contributed by atoms with Gasteiger partial charge in [0.1, 0.15) is 12.6 Å². The van der Waals surface area contributed by atoms with Gasteiger partial charge < -0.3 is 9.80 Å². The third kappa shape index (κ3) is 3.02. The van der Waals surface area contributed by atoms with Crippen LogP contribution in [0.5, 0.6) is 0 Å². The smallest absolute Gasteiger partial charge is 0.348 e. The molecule has 2 heterocycles. The minimum atomic E-state index is -4.40. The molecule has 0 bridgehead atoms. The number of anilines is 1. The highest BCUT2D eigenvalue weighted by molar-refractivity contribution is 6.31. The molecule has 0 saturated carbocycles. The molecule has 0 amide bonds. The molecule has 0 atom stereocenters. The zero-order valence-electron chi connectivity index (χ0n) is 13.8. The van der Waals surface area contributed by atoms with Gasteiger partial charge in [0.15, 0.2) is 0 Å². The van der Waals surface area contributed by atoms with Crippen LogP contribution in [0.3, 0.4) is 0 Å². The van der Waals surface area contributed by atoms with Crippen molar-refractivity contribution in [3.8, 4) is 0 Å². The molecule has 8 heteroatoms. The Morgan fingerprint density at radius 2 is 1.79 bits per heavy atom. The number of aromatic nitrogens is 2. The van der Waals surface area contributed by atoms with Gasteiger partial charge in [-0.2, -0.15) is 17.7 Å². The lowest BCUT2D eigenvalue weighted by atomic mass is 10.1. The minimum absolute atomic E-state index is 0.163. The van der Waals surface area contributed by atoms with E-state index < -0.39 is 11.7 Å². The van der Waals surface area contributed by atoms with E-state index >= 15 is 0 Å². The molecule has 1 aliphatic rings. The van der Waals surface area contributed by atoms with E-state index in [-0.39, 0.29) is 5.56 Å². The lowest BCUT2D eigenvalue weighted by Gasteiger charge is -2.32. The van der Waals surface area contributed by atoms with Gasteiger partial charge in [0, 0.05) is 32.2 Å². The Kier molecular flexibility index (Phi) is 4.34. The van der Waals surface area contributed by atoms with E-state index in [9.17, 15) is 13.2 Å². The summed E-state index contributed by atoms with van der Waals surface area (Å²) >= 11 is 6.45. The largest absolute Gasteiger partial charge is 0.416 e. The van der Waals surface area contributed by atoms with Crippen molar-refractivity contribution < 1.29 is 17.7 Å². The van der Waals surface area contributed by atoms with E-state index in [0.717, 1.165) is 32.2 Å². The standard InChI is InChI=1S/C16H19ClF3N4/c1-10-8-13-12(9-11(10)16(18,19)20)21-15(14(17)23(13)3)24-6-4-22(2)5-7-24/h8-9H,4-7H2,1-3H3/q+1. The van der Waals surface area contributed by atoms with Crippen molar-refractivity contribution in [1.82, 2.24) is 9.88 Å². The normalized spacial score (nSPS) is 16.9. The second kappa shape index (κ2) is 6.04. The van der Waals surface area contributed by atoms with Crippen LogP contribution < -0.4 is 9.47 Å². The van der Waals surface area contributed by atoms with Crippen molar-refractivity contribution in [3.05, 3.63) is 28.4 Å². The molecule has 0 spiro atoms. The first kappa shape index (κ1) is 17.2. The first-order valence-electron chi connectivity index (χ1n) is 7.69. The predicted octanol–water partition coefficient (Wildman–Crippen LogP) is 2.79. The third-order valence-corrected chi connectivity index (χ3v) is 4.92. The fraction of sp³-hybridized carbons (Fsp3) is 0.500.